The number of thioether (sulfide) groups is 1. The predicted octanol–water partition coefficient (Wildman–Crippen LogP) is 3.79. The summed E-state index contributed by atoms with van der Waals surface area (Å²) in [4.78, 5) is 17.3. The Bertz CT molecular complexity index is 647. The number of amides is 1. The summed E-state index contributed by atoms with van der Waals surface area (Å²) >= 11 is 7.72. The van der Waals surface area contributed by atoms with Crippen molar-refractivity contribution < 1.29 is 9.53 Å². The molecule has 6 heteroatoms. The van der Waals surface area contributed by atoms with Crippen molar-refractivity contribution in [3.63, 3.8) is 0 Å². The monoisotopic (exact) mass is 336 g/mol. The number of carbonyl (C=O) groups is 1. The van der Waals surface area contributed by atoms with Crippen LogP contribution in [0, 0.1) is 0 Å². The molecule has 116 valence electrons. The second-order valence-electron chi connectivity index (χ2n) is 4.47. The number of nitrogens with zero attached hydrogens (tertiary/aromatic N) is 1. The van der Waals surface area contributed by atoms with Crippen LogP contribution in [0.25, 0.3) is 0 Å². The molecule has 4 nitrogen and oxygen atoms in total. The Hall–Kier alpha value is -1.72. The zero-order valence-corrected chi connectivity index (χ0v) is 14.0. The third-order valence-corrected chi connectivity index (χ3v) is 3.98. The fraction of sp³-hybridized carbons (Fsp3) is 0.250. The molecule has 1 amide bonds. The summed E-state index contributed by atoms with van der Waals surface area (Å²) in [6, 6.07) is 9.61. The molecule has 0 saturated carbocycles. The smallest absolute Gasteiger partial charge is 0.253 e. The molecule has 0 aliphatic carbocycles. The standard InChI is InChI=1S/C16H17ClN2O2S/c1-3-21-16-14(17)8-12(10-19-16)15(20)18-9-11-4-6-13(22-2)7-5-11/h4-8,10H,3,9H2,1-2H3,(H,18,20). The molecule has 0 unspecified atom stereocenters. The van der Waals surface area contributed by atoms with Crippen LogP contribution in [0.2, 0.25) is 5.02 Å². The van der Waals surface area contributed by atoms with Gasteiger partial charge in [-0.05, 0) is 36.9 Å². The maximum absolute atomic E-state index is 12.1. The van der Waals surface area contributed by atoms with Gasteiger partial charge < -0.3 is 10.1 Å². The van der Waals surface area contributed by atoms with E-state index in [2.05, 4.69) is 10.3 Å². The van der Waals surface area contributed by atoms with Crippen LogP contribution < -0.4 is 10.1 Å². The minimum absolute atomic E-state index is 0.216. The van der Waals surface area contributed by atoms with Crippen LogP contribution in [0.15, 0.2) is 41.4 Å². The minimum atomic E-state index is -0.216. The van der Waals surface area contributed by atoms with E-state index in [-0.39, 0.29) is 5.91 Å². The summed E-state index contributed by atoms with van der Waals surface area (Å²) in [6.45, 7) is 2.78. The molecule has 0 atom stereocenters. The number of benzene rings is 1. The number of nitrogens with one attached hydrogen (secondary N) is 1. The Labute approximate surface area is 139 Å². The number of carbonyl (C=O) groups excluding carboxylic acids is 1. The van der Waals surface area contributed by atoms with Gasteiger partial charge in [-0.25, -0.2) is 4.98 Å². The number of ether oxygens (including phenoxy) is 1. The highest BCUT2D eigenvalue weighted by Gasteiger charge is 2.10. The molecule has 1 heterocycles. The van der Waals surface area contributed by atoms with E-state index in [0.29, 0.717) is 29.6 Å². The van der Waals surface area contributed by atoms with E-state index in [4.69, 9.17) is 16.3 Å². The predicted molar refractivity (Wildman–Crippen MR) is 89.8 cm³/mol. The van der Waals surface area contributed by atoms with Gasteiger partial charge in [0.05, 0.1) is 12.2 Å². The number of rotatable bonds is 6. The molecule has 0 aliphatic rings. The van der Waals surface area contributed by atoms with Gasteiger partial charge in [0.25, 0.3) is 5.91 Å². The van der Waals surface area contributed by atoms with Crippen LogP contribution in [0.4, 0.5) is 0 Å². The van der Waals surface area contributed by atoms with Crippen LogP contribution >= 0.6 is 23.4 Å². The van der Waals surface area contributed by atoms with Crippen LogP contribution in [0.1, 0.15) is 22.8 Å². The van der Waals surface area contributed by atoms with Gasteiger partial charge in [0, 0.05) is 17.6 Å². The zero-order valence-electron chi connectivity index (χ0n) is 12.4. The Balaban J connectivity index is 1.98. The van der Waals surface area contributed by atoms with Crippen molar-refractivity contribution in [1.82, 2.24) is 10.3 Å². The van der Waals surface area contributed by atoms with Crippen LogP contribution in [-0.2, 0) is 6.54 Å². The fourth-order valence-corrected chi connectivity index (χ4v) is 2.45. The quantitative estimate of drug-likeness (QED) is 0.815. The van der Waals surface area contributed by atoms with Crippen molar-refractivity contribution >= 4 is 29.3 Å². The Morgan fingerprint density at radius 1 is 1.36 bits per heavy atom. The average molecular weight is 337 g/mol. The molecule has 1 aromatic carbocycles. The molecule has 1 N–H and O–H groups in total. The molecule has 0 bridgehead atoms. The Morgan fingerprint density at radius 2 is 2.09 bits per heavy atom. The lowest BCUT2D eigenvalue weighted by Crippen LogP contribution is -2.23. The summed E-state index contributed by atoms with van der Waals surface area (Å²) in [5, 5.41) is 3.18. The number of aromatic nitrogens is 1. The summed E-state index contributed by atoms with van der Waals surface area (Å²) in [5.74, 6) is 0.125. The van der Waals surface area contributed by atoms with Crippen LogP contribution in [-0.4, -0.2) is 23.8 Å². The maximum Gasteiger partial charge on any atom is 0.253 e. The summed E-state index contributed by atoms with van der Waals surface area (Å²) in [6.07, 6.45) is 3.49. The SMILES string of the molecule is CCOc1ncc(C(=O)NCc2ccc(SC)cc2)cc1Cl. The van der Waals surface area contributed by atoms with Gasteiger partial charge in [-0.15, -0.1) is 11.8 Å². The third-order valence-electron chi connectivity index (χ3n) is 2.96. The molecule has 22 heavy (non-hydrogen) atoms. The van der Waals surface area contributed by atoms with Crippen molar-refractivity contribution in [2.24, 2.45) is 0 Å². The van der Waals surface area contributed by atoms with Gasteiger partial charge >= 0.3 is 0 Å². The molecule has 0 spiro atoms. The highest BCUT2D eigenvalue weighted by molar-refractivity contribution is 7.98. The first-order chi connectivity index (χ1) is 10.6. The summed E-state index contributed by atoms with van der Waals surface area (Å²) < 4.78 is 5.25. The van der Waals surface area contributed by atoms with E-state index in [9.17, 15) is 4.79 Å². The lowest BCUT2D eigenvalue weighted by Gasteiger charge is -2.08. The first-order valence-electron chi connectivity index (χ1n) is 6.83. The second kappa shape index (κ2) is 8.06. The first-order valence-corrected chi connectivity index (χ1v) is 8.43. The first kappa shape index (κ1) is 16.6. The number of pyridine rings is 1. The molecular formula is C16H17ClN2O2S. The van der Waals surface area contributed by atoms with Crippen LogP contribution in [0.5, 0.6) is 5.88 Å². The number of halogens is 1. The van der Waals surface area contributed by atoms with Crippen molar-refractivity contribution in [1.29, 1.82) is 0 Å². The third kappa shape index (κ3) is 4.39. The summed E-state index contributed by atoms with van der Waals surface area (Å²) in [7, 11) is 0. The highest BCUT2D eigenvalue weighted by atomic mass is 35.5. The lowest BCUT2D eigenvalue weighted by molar-refractivity contribution is 0.0950. The minimum Gasteiger partial charge on any atom is -0.477 e. The molecule has 0 radical (unpaired) electrons. The molecule has 0 fully saturated rings. The van der Waals surface area contributed by atoms with Gasteiger partial charge in [0.2, 0.25) is 5.88 Å². The summed E-state index contributed by atoms with van der Waals surface area (Å²) in [5.41, 5.74) is 1.45. The van der Waals surface area contributed by atoms with Gasteiger partial charge in [-0.3, -0.25) is 4.79 Å². The Morgan fingerprint density at radius 3 is 2.68 bits per heavy atom. The molecular weight excluding hydrogens is 320 g/mol. The normalized spacial score (nSPS) is 10.3. The van der Waals surface area contributed by atoms with E-state index >= 15 is 0 Å². The van der Waals surface area contributed by atoms with Crippen molar-refractivity contribution in [2.45, 2.75) is 18.4 Å². The number of hydrogen-bond donors (Lipinski definition) is 1. The van der Waals surface area contributed by atoms with Crippen molar-refractivity contribution in [2.75, 3.05) is 12.9 Å². The second-order valence-corrected chi connectivity index (χ2v) is 5.76. The fourth-order valence-electron chi connectivity index (χ4n) is 1.82. The largest absolute Gasteiger partial charge is 0.477 e. The van der Waals surface area contributed by atoms with Crippen molar-refractivity contribution in [3.8, 4) is 5.88 Å². The van der Waals surface area contributed by atoms with Crippen molar-refractivity contribution in [3.05, 3.63) is 52.7 Å². The zero-order chi connectivity index (χ0) is 15.9. The van der Waals surface area contributed by atoms with Gasteiger partial charge in [0.1, 0.15) is 5.02 Å². The van der Waals surface area contributed by atoms with Crippen LogP contribution in [0.3, 0.4) is 0 Å². The van der Waals surface area contributed by atoms with Gasteiger partial charge in [0.15, 0.2) is 0 Å². The van der Waals surface area contributed by atoms with E-state index in [1.54, 1.807) is 17.8 Å². The van der Waals surface area contributed by atoms with E-state index in [0.717, 1.165) is 5.56 Å². The molecule has 1 aromatic heterocycles. The topological polar surface area (TPSA) is 51.2 Å². The lowest BCUT2D eigenvalue weighted by atomic mass is 10.2. The average Bonchev–Trinajstić information content (AvgIpc) is 2.55. The van der Waals surface area contributed by atoms with E-state index in [1.165, 1.54) is 11.1 Å². The molecule has 2 aromatic rings. The van der Waals surface area contributed by atoms with E-state index in [1.807, 2.05) is 37.4 Å². The van der Waals surface area contributed by atoms with Gasteiger partial charge in [-0.2, -0.15) is 0 Å². The molecule has 2 rings (SSSR count). The molecule has 0 saturated heterocycles. The molecule has 0 aliphatic heterocycles. The Kier molecular flexibility index (Phi) is 6.10. The maximum atomic E-state index is 12.1. The van der Waals surface area contributed by atoms with Gasteiger partial charge in [-0.1, -0.05) is 23.7 Å². The van der Waals surface area contributed by atoms with E-state index < -0.39 is 0 Å². The number of hydrogen-bond acceptors (Lipinski definition) is 4. The highest BCUT2D eigenvalue weighted by Crippen LogP contribution is 2.22.